The molecule has 27 heavy (non-hydrogen) atoms. The lowest BCUT2D eigenvalue weighted by Crippen LogP contribution is -2.45. The Balaban J connectivity index is 1.31. The molecule has 0 radical (unpaired) electrons. The number of nitrogens with zero attached hydrogens (tertiary/aromatic N) is 5. The van der Waals surface area contributed by atoms with Crippen molar-refractivity contribution in [2.24, 2.45) is 11.8 Å². The Hall–Kier alpha value is -1.70. The van der Waals surface area contributed by atoms with Crippen LogP contribution in [0.15, 0.2) is 0 Å². The van der Waals surface area contributed by atoms with Crippen LogP contribution in [0.1, 0.15) is 51.9 Å². The maximum atomic E-state index is 12.8. The van der Waals surface area contributed by atoms with Crippen LogP contribution >= 0.6 is 11.3 Å². The van der Waals surface area contributed by atoms with E-state index in [-0.39, 0.29) is 11.8 Å². The molecule has 148 valence electrons. The van der Waals surface area contributed by atoms with Crippen LogP contribution in [0.2, 0.25) is 0 Å². The minimum absolute atomic E-state index is 0.144. The molecule has 2 amide bonds. The summed E-state index contributed by atoms with van der Waals surface area (Å²) < 4.78 is 0. The zero-order valence-electron chi connectivity index (χ0n) is 16.1. The molecule has 8 heteroatoms. The molecule has 3 saturated heterocycles. The van der Waals surface area contributed by atoms with E-state index in [2.05, 4.69) is 26.9 Å². The fourth-order valence-corrected chi connectivity index (χ4v) is 5.20. The number of carbonyl (C=O) groups excluding carboxylic acids is 2. The Morgan fingerprint density at radius 2 is 1.67 bits per heavy atom. The Bertz CT molecular complexity index is 677. The van der Waals surface area contributed by atoms with Crippen LogP contribution in [0.25, 0.3) is 0 Å². The van der Waals surface area contributed by atoms with Crippen LogP contribution in [-0.2, 0) is 9.59 Å². The summed E-state index contributed by atoms with van der Waals surface area (Å²) in [7, 11) is 0. The van der Waals surface area contributed by atoms with Crippen molar-refractivity contribution in [1.29, 1.82) is 0 Å². The molecule has 0 aliphatic carbocycles. The molecule has 0 bridgehead atoms. The first-order chi connectivity index (χ1) is 13.1. The molecule has 3 aliphatic rings. The standard InChI is InChI=1S/C19H29N5O2S/c1-14-5-10-22(11-6-14)17(26)15-7-12-23(13-8-15)18-20-21-19(27-18)24-9-3-2-4-16(24)25/h14-15H,2-13H2,1H3. The van der Waals surface area contributed by atoms with Gasteiger partial charge in [0.2, 0.25) is 22.1 Å². The number of anilines is 2. The van der Waals surface area contributed by atoms with Gasteiger partial charge in [0.15, 0.2) is 0 Å². The molecule has 1 aromatic heterocycles. The lowest BCUT2D eigenvalue weighted by atomic mass is 9.93. The Morgan fingerprint density at radius 1 is 0.963 bits per heavy atom. The third-order valence-corrected chi connectivity index (χ3v) is 7.18. The lowest BCUT2D eigenvalue weighted by molar-refractivity contribution is -0.137. The molecule has 0 saturated carbocycles. The van der Waals surface area contributed by atoms with Crippen LogP contribution in [0, 0.1) is 11.8 Å². The first-order valence-corrected chi connectivity index (χ1v) is 11.1. The molecular weight excluding hydrogens is 362 g/mol. The monoisotopic (exact) mass is 391 g/mol. The fourth-order valence-electron chi connectivity index (χ4n) is 4.26. The average Bonchev–Trinajstić information content (AvgIpc) is 3.18. The van der Waals surface area contributed by atoms with Crippen LogP contribution in [0.5, 0.6) is 0 Å². The van der Waals surface area contributed by atoms with Gasteiger partial charge in [0.05, 0.1) is 0 Å². The van der Waals surface area contributed by atoms with Crippen LogP contribution in [-0.4, -0.2) is 59.6 Å². The molecule has 0 aromatic carbocycles. The normalized spacial score (nSPS) is 23.1. The van der Waals surface area contributed by atoms with Crippen molar-refractivity contribution in [2.75, 3.05) is 42.5 Å². The van der Waals surface area contributed by atoms with E-state index in [1.54, 1.807) is 4.90 Å². The van der Waals surface area contributed by atoms with Gasteiger partial charge in [-0.15, -0.1) is 10.2 Å². The highest BCUT2D eigenvalue weighted by atomic mass is 32.1. The molecule has 0 spiro atoms. The van der Waals surface area contributed by atoms with E-state index in [0.717, 1.165) is 87.4 Å². The van der Waals surface area contributed by atoms with Crippen molar-refractivity contribution in [1.82, 2.24) is 15.1 Å². The highest BCUT2D eigenvalue weighted by Crippen LogP contribution is 2.32. The highest BCUT2D eigenvalue weighted by molar-refractivity contribution is 7.19. The fraction of sp³-hybridized carbons (Fsp3) is 0.789. The maximum absolute atomic E-state index is 12.8. The van der Waals surface area contributed by atoms with E-state index >= 15 is 0 Å². The summed E-state index contributed by atoms with van der Waals surface area (Å²) >= 11 is 1.50. The van der Waals surface area contributed by atoms with Crippen molar-refractivity contribution < 1.29 is 9.59 Å². The predicted octanol–water partition coefficient (Wildman–Crippen LogP) is 2.53. The second-order valence-corrected chi connectivity index (χ2v) is 9.07. The third-order valence-electron chi connectivity index (χ3n) is 6.17. The van der Waals surface area contributed by atoms with Crippen molar-refractivity contribution in [3.63, 3.8) is 0 Å². The van der Waals surface area contributed by atoms with E-state index in [9.17, 15) is 9.59 Å². The predicted molar refractivity (Wildman–Crippen MR) is 106 cm³/mol. The number of aromatic nitrogens is 2. The van der Waals surface area contributed by atoms with E-state index in [0.29, 0.717) is 12.3 Å². The van der Waals surface area contributed by atoms with Crippen molar-refractivity contribution >= 4 is 33.4 Å². The van der Waals surface area contributed by atoms with Gasteiger partial charge in [-0.25, -0.2) is 0 Å². The van der Waals surface area contributed by atoms with Gasteiger partial charge in [-0.1, -0.05) is 18.3 Å². The van der Waals surface area contributed by atoms with Gasteiger partial charge in [0.25, 0.3) is 0 Å². The molecule has 0 unspecified atom stereocenters. The van der Waals surface area contributed by atoms with E-state index in [4.69, 9.17) is 0 Å². The van der Waals surface area contributed by atoms with Gasteiger partial charge in [0.1, 0.15) is 0 Å². The minimum atomic E-state index is 0.144. The zero-order chi connectivity index (χ0) is 18.8. The Kier molecular flexibility index (Phi) is 5.61. The number of piperidine rings is 3. The molecule has 7 nitrogen and oxygen atoms in total. The summed E-state index contributed by atoms with van der Waals surface area (Å²) in [5, 5.41) is 10.2. The largest absolute Gasteiger partial charge is 0.347 e. The number of likely N-dealkylation sites (tertiary alicyclic amines) is 1. The molecular formula is C19H29N5O2S. The lowest BCUT2D eigenvalue weighted by Gasteiger charge is -2.36. The second kappa shape index (κ2) is 8.12. The van der Waals surface area contributed by atoms with Gasteiger partial charge < -0.3 is 9.80 Å². The molecule has 0 N–H and O–H groups in total. The van der Waals surface area contributed by atoms with Crippen molar-refractivity contribution in [2.45, 2.75) is 51.9 Å². The third kappa shape index (κ3) is 4.10. The second-order valence-electron chi connectivity index (χ2n) is 8.14. The molecule has 3 fully saturated rings. The molecule has 1 aromatic rings. The van der Waals surface area contributed by atoms with Crippen LogP contribution in [0.3, 0.4) is 0 Å². The SMILES string of the molecule is CC1CCN(C(=O)C2CCN(c3nnc(N4CCCCC4=O)s3)CC2)CC1. The smallest absolute Gasteiger partial charge is 0.228 e. The summed E-state index contributed by atoms with van der Waals surface area (Å²) in [6, 6.07) is 0. The molecule has 4 rings (SSSR count). The minimum Gasteiger partial charge on any atom is -0.347 e. The maximum Gasteiger partial charge on any atom is 0.228 e. The quantitative estimate of drug-likeness (QED) is 0.792. The summed E-state index contributed by atoms with van der Waals surface area (Å²) in [6.07, 6.45) is 6.63. The van der Waals surface area contributed by atoms with Gasteiger partial charge in [-0.3, -0.25) is 14.5 Å². The number of amides is 2. The molecule has 3 aliphatic heterocycles. The van der Waals surface area contributed by atoms with Gasteiger partial charge in [-0.2, -0.15) is 0 Å². The van der Waals surface area contributed by atoms with E-state index < -0.39 is 0 Å². The van der Waals surface area contributed by atoms with Gasteiger partial charge >= 0.3 is 0 Å². The zero-order valence-corrected chi connectivity index (χ0v) is 16.9. The van der Waals surface area contributed by atoms with Crippen LogP contribution in [0.4, 0.5) is 10.3 Å². The highest BCUT2D eigenvalue weighted by Gasteiger charge is 2.31. The number of hydrogen-bond acceptors (Lipinski definition) is 6. The van der Waals surface area contributed by atoms with Crippen LogP contribution < -0.4 is 9.80 Å². The number of hydrogen-bond donors (Lipinski definition) is 0. The Labute approximate surface area is 164 Å². The summed E-state index contributed by atoms with van der Waals surface area (Å²) in [5.41, 5.74) is 0. The number of rotatable bonds is 3. The summed E-state index contributed by atoms with van der Waals surface area (Å²) in [6.45, 7) is 6.53. The topological polar surface area (TPSA) is 69.6 Å². The first kappa shape index (κ1) is 18.7. The van der Waals surface area contributed by atoms with Gasteiger partial charge in [0, 0.05) is 45.1 Å². The Morgan fingerprint density at radius 3 is 2.37 bits per heavy atom. The van der Waals surface area contributed by atoms with Crippen molar-refractivity contribution in [3.8, 4) is 0 Å². The average molecular weight is 392 g/mol. The van der Waals surface area contributed by atoms with E-state index in [1.807, 2.05) is 0 Å². The molecule has 4 heterocycles. The van der Waals surface area contributed by atoms with Gasteiger partial charge in [-0.05, 0) is 44.4 Å². The summed E-state index contributed by atoms with van der Waals surface area (Å²) in [5.74, 6) is 1.39. The molecule has 0 atom stereocenters. The summed E-state index contributed by atoms with van der Waals surface area (Å²) in [4.78, 5) is 30.9. The number of carbonyl (C=O) groups is 2. The first-order valence-electron chi connectivity index (χ1n) is 10.3. The van der Waals surface area contributed by atoms with Crippen molar-refractivity contribution in [3.05, 3.63) is 0 Å². The van der Waals surface area contributed by atoms with E-state index in [1.165, 1.54) is 11.3 Å².